The molecule has 14 heavy (non-hydrogen) atoms. The average Bonchev–Trinajstić information content (AvgIpc) is 2.19. The van der Waals surface area contributed by atoms with Gasteiger partial charge in [-0.25, -0.2) is 0 Å². The summed E-state index contributed by atoms with van der Waals surface area (Å²) in [5, 5.41) is 0. The second-order valence-electron chi connectivity index (χ2n) is 3.93. The van der Waals surface area contributed by atoms with Gasteiger partial charge in [0.15, 0.2) is 0 Å². The molecule has 0 unspecified atom stereocenters. The van der Waals surface area contributed by atoms with Crippen molar-refractivity contribution in [3.8, 4) is 0 Å². The maximum Gasteiger partial charge on any atom is -0.0230 e. The second kappa shape index (κ2) is 5.64. The topological polar surface area (TPSA) is 0 Å². The standard InChI is InChI=1S/C14H20/c1-4-5-6-7-13(3)14-10-8-12(2)9-11-14/h8-11H,3-7H2,1-2H3. The fourth-order valence-corrected chi connectivity index (χ4v) is 1.52. The Kier molecular flexibility index (Phi) is 4.45. The van der Waals surface area contributed by atoms with Crippen LogP contribution in [0.1, 0.15) is 43.7 Å². The van der Waals surface area contributed by atoms with Gasteiger partial charge in [0.05, 0.1) is 0 Å². The van der Waals surface area contributed by atoms with Gasteiger partial charge in [0, 0.05) is 0 Å². The highest BCUT2D eigenvalue weighted by atomic mass is 14.0. The summed E-state index contributed by atoms with van der Waals surface area (Å²) in [6, 6.07) is 8.65. The van der Waals surface area contributed by atoms with E-state index in [9.17, 15) is 0 Å². The van der Waals surface area contributed by atoms with Crippen LogP contribution in [0.4, 0.5) is 0 Å². The van der Waals surface area contributed by atoms with Crippen molar-refractivity contribution in [1.82, 2.24) is 0 Å². The molecule has 0 saturated heterocycles. The van der Waals surface area contributed by atoms with E-state index in [4.69, 9.17) is 0 Å². The number of hydrogen-bond acceptors (Lipinski definition) is 0. The van der Waals surface area contributed by atoms with Crippen LogP contribution < -0.4 is 0 Å². The molecule has 0 nitrogen and oxygen atoms in total. The molecular formula is C14H20. The Morgan fingerprint density at radius 3 is 2.36 bits per heavy atom. The number of allylic oxidation sites excluding steroid dienone is 1. The number of rotatable bonds is 5. The highest BCUT2D eigenvalue weighted by Crippen LogP contribution is 2.19. The zero-order valence-electron chi connectivity index (χ0n) is 9.34. The van der Waals surface area contributed by atoms with Gasteiger partial charge in [-0.3, -0.25) is 0 Å². The summed E-state index contributed by atoms with van der Waals surface area (Å²) in [6.45, 7) is 8.47. The van der Waals surface area contributed by atoms with E-state index in [1.807, 2.05) is 0 Å². The van der Waals surface area contributed by atoms with Gasteiger partial charge < -0.3 is 0 Å². The first-order chi connectivity index (χ1) is 6.74. The van der Waals surface area contributed by atoms with Crippen LogP contribution in [0.2, 0.25) is 0 Å². The molecule has 0 saturated carbocycles. The first kappa shape index (κ1) is 11.0. The fraction of sp³-hybridized carbons (Fsp3) is 0.429. The van der Waals surface area contributed by atoms with Gasteiger partial charge in [0.2, 0.25) is 0 Å². The lowest BCUT2D eigenvalue weighted by Gasteiger charge is -2.05. The van der Waals surface area contributed by atoms with Crippen molar-refractivity contribution in [2.75, 3.05) is 0 Å². The van der Waals surface area contributed by atoms with E-state index in [-0.39, 0.29) is 0 Å². The lowest BCUT2D eigenvalue weighted by Crippen LogP contribution is -1.84. The Morgan fingerprint density at radius 1 is 1.14 bits per heavy atom. The monoisotopic (exact) mass is 188 g/mol. The minimum Gasteiger partial charge on any atom is -0.0952 e. The molecule has 76 valence electrons. The first-order valence-corrected chi connectivity index (χ1v) is 5.49. The van der Waals surface area contributed by atoms with Gasteiger partial charge in [-0.15, -0.1) is 0 Å². The summed E-state index contributed by atoms with van der Waals surface area (Å²) >= 11 is 0. The number of benzene rings is 1. The Labute approximate surface area is 87.7 Å². The molecule has 0 N–H and O–H groups in total. The smallest absolute Gasteiger partial charge is 0.0230 e. The summed E-state index contributed by atoms with van der Waals surface area (Å²) in [7, 11) is 0. The van der Waals surface area contributed by atoms with E-state index in [2.05, 4.69) is 44.7 Å². The van der Waals surface area contributed by atoms with Crippen LogP contribution in [0, 0.1) is 6.92 Å². The third kappa shape index (κ3) is 3.37. The molecule has 0 aliphatic rings. The van der Waals surface area contributed by atoms with Gasteiger partial charge in [-0.05, 0) is 30.9 Å². The van der Waals surface area contributed by atoms with Crippen LogP contribution in [0.5, 0.6) is 0 Å². The molecule has 0 heteroatoms. The lowest BCUT2D eigenvalue weighted by molar-refractivity contribution is 0.736. The van der Waals surface area contributed by atoms with Crippen molar-refractivity contribution in [2.45, 2.75) is 39.5 Å². The Morgan fingerprint density at radius 2 is 1.79 bits per heavy atom. The maximum absolute atomic E-state index is 4.13. The summed E-state index contributed by atoms with van der Waals surface area (Å²) in [6.07, 6.45) is 4.99. The van der Waals surface area contributed by atoms with Crippen LogP contribution in [0.3, 0.4) is 0 Å². The molecule has 0 radical (unpaired) electrons. The second-order valence-corrected chi connectivity index (χ2v) is 3.93. The van der Waals surface area contributed by atoms with E-state index >= 15 is 0 Å². The molecule has 0 aliphatic heterocycles. The quantitative estimate of drug-likeness (QED) is 0.593. The van der Waals surface area contributed by atoms with E-state index in [1.54, 1.807) is 0 Å². The predicted molar refractivity (Wildman–Crippen MR) is 64.4 cm³/mol. The van der Waals surface area contributed by atoms with Gasteiger partial charge in [0.25, 0.3) is 0 Å². The van der Waals surface area contributed by atoms with E-state index in [0.29, 0.717) is 0 Å². The van der Waals surface area contributed by atoms with Crippen molar-refractivity contribution < 1.29 is 0 Å². The molecule has 0 fully saturated rings. The highest BCUT2D eigenvalue weighted by Gasteiger charge is 1.97. The molecule has 1 aromatic carbocycles. The van der Waals surface area contributed by atoms with Crippen LogP contribution >= 0.6 is 0 Å². The Bertz CT molecular complexity index is 279. The summed E-state index contributed by atoms with van der Waals surface area (Å²) in [4.78, 5) is 0. The molecule has 1 rings (SSSR count). The zero-order chi connectivity index (χ0) is 10.4. The van der Waals surface area contributed by atoms with E-state index < -0.39 is 0 Å². The third-order valence-electron chi connectivity index (χ3n) is 2.54. The van der Waals surface area contributed by atoms with E-state index in [1.165, 1.54) is 36.0 Å². The van der Waals surface area contributed by atoms with Crippen molar-refractivity contribution in [2.24, 2.45) is 0 Å². The van der Waals surface area contributed by atoms with E-state index in [0.717, 1.165) is 6.42 Å². The number of aryl methyl sites for hydroxylation is 1. The van der Waals surface area contributed by atoms with Gasteiger partial charge in [-0.2, -0.15) is 0 Å². The fourth-order valence-electron chi connectivity index (χ4n) is 1.52. The van der Waals surface area contributed by atoms with Crippen molar-refractivity contribution in [3.05, 3.63) is 42.0 Å². The van der Waals surface area contributed by atoms with Crippen LogP contribution in [0.25, 0.3) is 5.57 Å². The molecule has 0 atom stereocenters. The minimum absolute atomic E-state index is 1.14. The summed E-state index contributed by atoms with van der Waals surface area (Å²) < 4.78 is 0. The molecule has 0 heterocycles. The summed E-state index contributed by atoms with van der Waals surface area (Å²) in [5.74, 6) is 0. The number of hydrogen-bond donors (Lipinski definition) is 0. The largest absolute Gasteiger partial charge is 0.0952 e. The number of unbranched alkanes of at least 4 members (excludes halogenated alkanes) is 2. The van der Waals surface area contributed by atoms with Crippen LogP contribution in [0.15, 0.2) is 30.8 Å². The maximum atomic E-state index is 4.13. The molecule has 0 spiro atoms. The first-order valence-electron chi connectivity index (χ1n) is 5.49. The van der Waals surface area contributed by atoms with Crippen molar-refractivity contribution in [1.29, 1.82) is 0 Å². The average molecular weight is 188 g/mol. The Balaban J connectivity index is 2.48. The molecule has 0 aromatic heterocycles. The van der Waals surface area contributed by atoms with Crippen LogP contribution in [-0.4, -0.2) is 0 Å². The highest BCUT2D eigenvalue weighted by molar-refractivity contribution is 5.63. The lowest BCUT2D eigenvalue weighted by atomic mass is 10.0. The molecule has 0 amide bonds. The zero-order valence-corrected chi connectivity index (χ0v) is 9.34. The predicted octanol–water partition coefficient (Wildman–Crippen LogP) is 4.59. The Hall–Kier alpha value is -1.04. The molecule has 1 aromatic rings. The van der Waals surface area contributed by atoms with Gasteiger partial charge in [-0.1, -0.05) is 56.2 Å². The SMILES string of the molecule is C=C(CCCCC)c1ccc(C)cc1. The summed E-state index contributed by atoms with van der Waals surface area (Å²) in [5.41, 5.74) is 3.89. The molecule has 0 bridgehead atoms. The minimum atomic E-state index is 1.14. The van der Waals surface area contributed by atoms with Gasteiger partial charge in [0.1, 0.15) is 0 Å². The third-order valence-corrected chi connectivity index (χ3v) is 2.54. The van der Waals surface area contributed by atoms with Crippen LogP contribution in [-0.2, 0) is 0 Å². The molecule has 0 aliphatic carbocycles. The van der Waals surface area contributed by atoms with Crippen molar-refractivity contribution in [3.63, 3.8) is 0 Å². The molecular weight excluding hydrogens is 168 g/mol. The van der Waals surface area contributed by atoms with Gasteiger partial charge >= 0.3 is 0 Å². The normalized spacial score (nSPS) is 10.1. The van der Waals surface area contributed by atoms with Crippen molar-refractivity contribution >= 4 is 5.57 Å².